The molecular weight excluding hydrogens is 374 g/mol. The molecule has 7 heteroatoms. The highest BCUT2D eigenvalue weighted by molar-refractivity contribution is 7.89. The fourth-order valence-electron chi connectivity index (χ4n) is 2.28. The molecule has 5 nitrogen and oxygen atoms in total. The zero-order valence-corrected chi connectivity index (χ0v) is 16.5. The summed E-state index contributed by atoms with van der Waals surface area (Å²) >= 11 is 5.91. The van der Waals surface area contributed by atoms with Crippen molar-refractivity contribution in [2.75, 3.05) is 0 Å². The molecule has 2 rings (SSSR count). The summed E-state index contributed by atoms with van der Waals surface area (Å²) in [5, 5.41) is 0.541. The number of carbonyl (C=O) groups excluding carboxylic acids is 1. The smallest absolute Gasteiger partial charge is 0.324 e. The molecule has 26 heavy (non-hydrogen) atoms. The average molecular weight is 396 g/mol. The van der Waals surface area contributed by atoms with E-state index in [1.807, 2.05) is 6.92 Å². The Morgan fingerprint density at radius 2 is 1.81 bits per heavy atom. The summed E-state index contributed by atoms with van der Waals surface area (Å²) in [6, 6.07) is 12.4. The van der Waals surface area contributed by atoms with Crippen molar-refractivity contribution >= 4 is 27.6 Å². The molecule has 0 aliphatic heterocycles. The van der Waals surface area contributed by atoms with Crippen LogP contribution in [-0.2, 0) is 26.2 Å². The maximum absolute atomic E-state index is 12.5. The van der Waals surface area contributed by atoms with Crippen molar-refractivity contribution in [3.63, 3.8) is 0 Å². The van der Waals surface area contributed by atoms with Crippen LogP contribution in [0.25, 0.3) is 0 Å². The van der Waals surface area contributed by atoms with Gasteiger partial charge in [0, 0.05) is 5.02 Å². The number of benzene rings is 2. The number of halogens is 1. The van der Waals surface area contributed by atoms with Crippen LogP contribution in [0.5, 0.6) is 0 Å². The van der Waals surface area contributed by atoms with Crippen LogP contribution in [-0.4, -0.2) is 20.4 Å². The summed E-state index contributed by atoms with van der Waals surface area (Å²) in [6.45, 7) is 5.40. The van der Waals surface area contributed by atoms with Gasteiger partial charge in [0.2, 0.25) is 10.0 Å². The van der Waals surface area contributed by atoms with E-state index in [2.05, 4.69) is 4.72 Å². The second-order valence-electron chi connectivity index (χ2n) is 6.39. The molecule has 0 aliphatic rings. The van der Waals surface area contributed by atoms with E-state index in [0.717, 1.165) is 11.1 Å². The number of hydrogen-bond acceptors (Lipinski definition) is 4. The molecule has 2 aromatic carbocycles. The van der Waals surface area contributed by atoms with E-state index < -0.39 is 22.0 Å². The first-order valence-electron chi connectivity index (χ1n) is 8.19. The van der Waals surface area contributed by atoms with Crippen LogP contribution in [0.2, 0.25) is 5.02 Å². The van der Waals surface area contributed by atoms with E-state index in [1.165, 1.54) is 12.1 Å². The van der Waals surface area contributed by atoms with E-state index in [4.69, 9.17) is 16.3 Å². The zero-order valence-electron chi connectivity index (χ0n) is 14.9. The predicted octanol–water partition coefficient (Wildman–Crippen LogP) is 3.69. The molecule has 2 aromatic rings. The molecule has 1 atom stereocenters. The maximum atomic E-state index is 12.5. The molecule has 0 saturated carbocycles. The first-order chi connectivity index (χ1) is 12.2. The van der Waals surface area contributed by atoms with Gasteiger partial charge in [0.25, 0.3) is 0 Å². The van der Waals surface area contributed by atoms with Gasteiger partial charge in [-0.1, -0.05) is 55.3 Å². The number of nitrogens with one attached hydrogen (secondary N) is 1. The Balaban J connectivity index is 2.09. The highest BCUT2D eigenvalue weighted by Gasteiger charge is 2.29. The number of hydrogen-bond donors (Lipinski definition) is 1. The molecule has 0 heterocycles. The monoisotopic (exact) mass is 395 g/mol. The minimum Gasteiger partial charge on any atom is -0.460 e. The van der Waals surface area contributed by atoms with Gasteiger partial charge in [-0.3, -0.25) is 4.79 Å². The van der Waals surface area contributed by atoms with Gasteiger partial charge in [-0.05, 0) is 42.7 Å². The van der Waals surface area contributed by atoms with Crippen LogP contribution < -0.4 is 4.72 Å². The van der Waals surface area contributed by atoms with Crippen molar-refractivity contribution in [1.82, 2.24) is 4.72 Å². The van der Waals surface area contributed by atoms with Gasteiger partial charge in [0.1, 0.15) is 12.6 Å². The number of esters is 1. The van der Waals surface area contributed by atoms with Gasteiger partial charge in [0.15, 0.2) is 0 Å². The molecule has 0 amide bonds. The Kier molecular flexibility index (Phi) is 6.81. The molecule has 0 unspecified atom stereocenters. The van der Waals surface area contributed by atoms with E-state index >= 15 is 0 Å². The van der Waals surface area contributed by atoms with Gasteiger partial charge in [-0.2, -0.15) is 4.72 Å². The fraction of sp³-hybridized carbons (Fsp3) is 0.316. The SMILES string of the molecule is Cc1ccc(S(=O)(=O)N[C@H](C(=O)OCc2cccc(Cl)c2)C(C)C)cc1. The van der Waals surface area contributed by atoms with Crippen LogP contribution in [0, 0.1) is 12.8 Å². The number of sulfonamides is 1. The molecule has 0 aromatic heterocycles. The fourth-order valence-corrected chi connectivity index (χ4v) is 3.83. The molecule has 0 radical (unpaired) electrons. The van der Waals surface area contributed by atoms with Crippen LogP contribution in [0.1, 0.15) is 25.0 Å². The number of aryl methyl sites for hydroxylation is 1. The lowest BCUT2D eigenvalue weighted by molar-refractivity contribution is -0.148. The minimum absolute atomic E-state index is 0.0227. The largest absolute Gasteiger partial charge is 0.460 e. The second-order valence-corrected chi connectivity index (χ2v) is 8.54. The highest BCUT2D eigenvalue weighted by Crippen LogP contribution is 2.15. The molecular formula is C19H22ClNO4S. The Hall–Kier alpha value is -1.89. The topological polar surface area (TPSA) is 72.5 Å². The van der Waals surface area contributed by atoms with Gasteiger partial charge in [-0.15, -0.1) is 0 Å². The first kappa shape index (κ1) is 20.4. The normalized spacial score (nSPS) is 12.8. The van der Waals surface area contributed by atoms with E-state index in [-0.39, 0.29) is 17.4 Å². The van der Waals surface area contributed by atoms with Crippen LogP contribution in [0.4, 0.5) is 0 Å². The lowest BCUT2D eigenvalue weighted by Crippen LogP contribution is -2.45. The predicted molar refractivity (Wildman–Crippen MR) is 101 cm³/mol. The third-order valence-electron chi connectivity index (χ3n) is 3.80. The second kappa shape index (κ2) is 8.66. The van der Waals surface area contributed by atoms with Crippen molar-refractivity contribution in [3.8, 4) is 0 Å². The Labute approximate surface area is 159 Å². The van der Waals surface area contributed by atoms with E-state index in [1.54, 1.807) is 50.2 Å². The molecule has 1 N–H and O–H groups in total. The minimum atomic E-state index is -3.83. The van der Waals surface area contributed by atoms with Gasteiger partial charge < -0.3 is 4.74 Å². The van der Waals surface area contributed by atoms with Crippen LogP contribution >= 0.6 is 11.6 Å². The number of rotatable bonds is 7. The summed E-state index contributed by atoms with van der Waals surface area (Å²) in [7, 11) is -3.83. The first-order valence-corrected chi connectivity index (χ1v) is 10.1. The Morgan fingerprint density at radius 1 is 1.15 bits per heavy atom. The third-order valence-corrected chi connectivity index (χ3v) is 5.50. The summed E-state index contributed by atoms with van der Waals surface area (Å²) in [5.41, 5.74) is 1.68. The van der Waals surface area contributed by atoms with Crippen molar-refractivity contribution in [1.29, 1.82) is 0 Å². The van der Waals surface area contributed by atoms with Gasteiger partial charge in [0.05, 0.1) is 4.90 Å². The molecule has 0 saturated heterocycles. The third kappa shape index (κ3) is 5.56. The summed E-state index contributed by atoms with van der Waals surface area (Å²) in [6.07, 6.45) is 0. The number of ether oxygens (including phenoxy) is 1. The molecule has 0 fully saturated rings. The molecule has 0 spiro atoms. The van der Waals surface area contributed by atoms with Crippen molar-refractivity contribution in [2.24, 2.45) is 5.92 Å². The zero-order chi connectivity index (χ0) is 19.3. The van der Waals surface area contributed by atoms with Crippen molar-refractivity contribution in [3.05, 3.63) is 64.7 Å². The van der Waals surface area contributed by atoms with E-state index in [0.29, 0.717) is 5.02 Å². The van der Waals surface area contributed by atoms with Crippen LogP contribution in [0.15, 0.2) is 53.4 Å². The standard InChI is InChI=1S/C19H22ClNO4S/c1-13(2)18(19(22)25-12-15-5-4-6-16(20)11-15)21-26(23,24)17-9-7-14(3)8-10-17/h4-11,13,18,21H,12H2,1-3H3/t18-/m0/s1. The van der Waals surface area contributed by atoms with Crippen LogP contribution in [0.3, 0.4) is 0 Å². The summed E-state index contributed by atoms with van der Waals surface area (Å²) in [5.74, 6) is -0.905. The Bertz CT molecular complexity index is 863. The molecule has 140 valence electrons. The summed E-state index contributed by atoms with van der Waals surface area (Å²) in [4.78, 5) is 12.5. The molecule has 0 bridgehead atoms. The maximum Gasteiger partial charge on any atom is 0.324 e. The van der Waals surface area contributed by atoms with Gasteiger partial charge >= 0.3 is 5.97 Å². The lowest BCUT2D eigenvalue weighted by atomic mass is 10.1. The quantitative estimate of drug-likeness (QED) is 0.725. The Morgan fingerprint density at radius 3 is 2.38 bits per heavy atom. The van der Waals surface area contributed by atoms with E-state index in [9.17, 15) is 13.2 Å². The van der Waals surface area contributed by atoms with Crippen molar-refractivity contribution < 1.29 is 17.9 Å². The average Bonchev–Trinajstić information content (AvgIpc) is 2.58. The van der Waals surface area contributed by atoms with Gasteiger partial charge in [-0.25, -0.2) is 8.42 Å². The molecule has 0 aliphatic carbocycles. The lowest BCUT2D eigenvalue weighted by Gasteiger charge is -2.21. The highest BCUT2D eigenvalue weighted by atomic mass is 35.5. The summed E-state index contributed by atoms with van der Waals surface area (Å²) < 4.78 is 32.8. The van der Waals surface area contributed by atoms with Crippen molar-refractivity contribution in [2.45, 2.75) is 38.3 Å². The number of carbonyl (C=O) groups is 1.